The molecule has 2 amide bonds. The Labute approximate surface area is 200 Å². The van der Waals surface area contributed by atoms with Gasteiger partial charge >= 0.3 is 5.97 Å². The van der Waals surface area contributed by atoms with Gasteiger partial charge in [0.25, 0.3) is 5.91 Å². The van der Waals surface area contributed by atoms with Crippen molar-refractivity contribution in [2.75, 3.05) is 39.5 Å². The molecule has 33 heavy (non-hydrogen) atoms. The van der Waals surface area contributed by atoms with Crippen molar-refractivity contribution in [3.8, 4) is 5.75 Å². The van der Waals surface area contributed by atoms with Gasteiger partial charge in [-0.15, -0.1) is 0 Å². The number of esters is 1. The molecule has 10 heteroatoms. The van der Waals surface area contributed by atoms with E-state index in [-0.39, 0.29) is 17.4 Å². The number of nitrogens with zero attached hydrogens (tertiary/aromatic N) is 1. The van der Waals surface area contributed by atoms with E-state index < -0.39 is 17.9 Å². The Morgan fingerprint density at radius 1 is 1.24 bits per heavy atom. The van der Waals surface area contributed by atoms with Gasteiger partial charge in [-0.1, -0.05) is 26.0 Å². The predicted molar refractivity (Wildman–Crippen MR) is 127 cm³/mol. The third kappa shape index (κ3) is 8.62. The van der Waals surface area contributed by atoms with Crippen LogP contribution in [0, 0.1) is 5.92 Å². The summed E-state index contributed by atoms with van der Waals surface area (Å²) in [5.41, 5.74) is 0.308. The molecule has 0 aromatic heterocycles. The number of ether oxygens (including phenoxy) is 3. The Hall–Kier alpha value is -2.72. The summed E-state index contributed by atoms with van der Waals surface area (Å²) in [6, 6.07) is 5.95. The summed E-state index contributed by atoms with van der Waals surface area (Å²) >= 11 is 5.42. The highest BCUT2D eigenvalue weighted by Crippen LogP contribution is 2.18. The normalized spacial score (nSPS) is 15.7. The molecule has 1 aliphatic heterocycles. The van der Waals surface area contributed by atoms with Gasteiger partial charge in [0.15, 0.2) is 5.11 Å². The number of carbonyl (C=O) groups excluding carboxylic acids is 3. The summed E-state index contributed by atoms with van der Waals surface area (Å²) in [4.78, 5) is 39.1. The number of para-hydroxylation sites is 1. The van der Waals surface area contributed by atoms with E-state index in [4.69, 9.17) is 26.4 Å². The average Bonchev–Trinajstić information content (AvgIpc) is 2.78. The lowest BCUT2D eigenvalue weighted by atomic mass is 10.1. The summed E-state index contributed by atoms with van der Waals surface area (Å²) < 4.78 is 16.2. The van der Waals surface area contributed by atoms with Crippen LogP contribution in [0.5, 0.6) is 5.75 Å². The number of rotatable bonds is 11. The average molecular weight is 480 g/mol. The molecule has 2 rings (SSSR count). The summed E-state index contributed by atoms with van der Waals surface area (Å²) in [5, 5.41) is 5.47. The molecule has 0 spiro atoms. The zero-order valence-electron chi connectivity index (χ0n) is 19.4. The van der Waals surface area contributed by atoms with Crippen molar-refractivity contribution in [1.29, 1.82) is 0 Å². The molecule has 1 aromatic carbocycles. The highest BCUT2D eigenvalue weighted by molar-refractivity contribution is 7.80. The van der Waals surface area contributed by atoms with Crippen LogP contribution in [-0.2, 0) is 19.1 Å². The number of hydrogen-bond donors (Lipinski definition) is 2. The van der Waals surface area contributed by atoms with Crippen LogP contribution >= 0.6 is 12.2 Å². The fraction of sp³-hybridized carbons (Fsp3) is 0.565. The maximum atomic E-state index is 12.9. The first-order valence-corrected chi connectivity index (χ1v) is 11.6. The minimum atomic E-state index is -0.851. The molecule has 1 unspecified atom stereocenters. The zero-order chi connectivity index (χ0) is 24.2. The molecule has 1 heterocycles. The van der Waals surface area contributed by atoms with Gasteiger partial charge in [0.2, 0.25) is 5.91 Å². The Morgan fingerprint density at radius 3 is 2.73 bits per heavy atom. The predicted octanol–water partition coefficient (Wildman–Crippen LogP) is 1.90. The molecule has 1 saturated heterocycles. The van der Waals surface area contributed by atoms with Crippen LogP contribution in [0.1, 0.15) is 44.0 Å². The van der Waals surface area contributed by atoms with Gasteiger partial charge in [-0.25, -0.2) is 0 Å². The number of hydrogen-bond acceptors (Lipinski definition) is 7. The maximum absolute atomic E-state index is 12.9. The molecular formula is C23H33N3O6S. The van der Waals surface area contributed by atoms with Gasteiger partial charge < -0.3 is 24.4 Å². The smallest absolute Gasteiger partial charge is 0.308 e. The second kappa shape index (κ2) is 13.7. The first kappa shape index (κ1) is 26.5. The summed E-state index contributed by atoms with van der Waals surface area (Å²) in [6.45, 7) is 8.26. The van der Waals surface area contributed by atoms with E-state index in [1.54, 1.807) is 29.2 Å². The van der Waals surface area contributed by atoms with Gasteiger partial charge in [-0.3, -0.25) is 19.7 Å². The van der Waals surface area contributed by atoms with Gasteiger partial charge in [0.1, 0.15) is 18.4 Å². The van der Waals surface area contributed by atoms with Crippen LogP contribution in [0.25, 0.3) is 0 Å². The van der Waals surface area contributed by atoms with Gasteiger partial charge in [-0.2, -0.15) is 0 Å². The second-order valence-electron chi connectivity index (χ2n) is 7.91. The third-order valence-corrected chi connectivity index (χ3v) is 5.29. The largest absolute Gasteiger partial charge is 0.490 e. The fourth-order valence-corrected chi connectivity index (χ4v) is 3.47. The number of nitrogens with one attached hydrogen (secondary N) is 2. The molecular weight excluding hydrogens is 446 g/mol. The lowest BCUT2D eigenvalue weighted by Gasteiger charge is -2.36. The molecule has 0 radical (unpaired) electrons. The van der Waals surface area contributed by atoms with Crippen molar-refractivity contribution < 1.29 is 28.6 Å². The second-order valence-corrected chi connectivity index (χ2v) is 8.29. The maximum Gasteiger partial charge on any atom is 0.308 e. The van der Waals surface area contributed by atoms with E-state index in [9.17, 15) is 14.4 Å². The van der Waals surface area contributed by atoms with Crippen molar-refractivity contribution in [2.24, 2.45) is 5.92 Å². The van der Waals surface area contributed by atoms with Crippen LogP contribution in [-0.4, -0.2) is 73.4 Å². The van der Waals surface area contributed by atoms with E-state index in [0.717, 1.165) is 6.42 Å². The SMILES string of the molecule is CCOCCOc1ccccc1C(=O)NC(=S)N1CCNC(=O)C1CC(=O)OCCC(C)C. The standard InChI is InChI=1S/C23H33N3O6S/c1-4-30-13-14-31-19-8-6-5-7-17(19)21(28)25-23(33)26-11-10-24-22(29)18(26)15-20(27)32-12-9-16(2)3/h5-8,16,18H,4,9-15H2,1-3H3,(H,24,29)(H,25,28,33). The van der Waals surface area contributed by atoms with Crippen LogP contribution in [0.4, 0.5) is 0 Å². The monoisotopic (exact) mass is 479 g/mol. The van der Waals surface area contributed by atoms with E-state index in [0.29, 0.717) is 56.7 Å². The molecule has 182 valence electrons. The van der Waals surface area contributed by atoms with Crippen molar-refractivity contribution in [1.82, 2.24) is 15.5 Å². The first-order chi connectivity index (χ1) is 15.8. The van der Waals surface area contributed by atoms with E-state index in [2.05, 4.69) is 10.6 Å². The minimum Gasteiger partial charge on any atom is -0.490 e. The van der Waals surface area contributed by atoms with E-state index in [1.165, 1.54) is 0 Å². The molecule has 0 bridgehead atoms. The third-order valence-electron chi connectivity index (χ3n) is 4.95. The Balaban J connectivity index is 2.01. The lowest BCUT2D eigenvalue weighted by molar-refractivity contribution is -0.147. The van der Waals surface area contributed by atoms with Crippen molar-refractivity contribution >= 4 is 35.1 Å². The number of carbonyl (C=O) groups is 3. The summed E-state index contributed by atoms with van der Waals surface area (Å²) in [6.07, 6.45) is 0.587. The van der Waals surface area contributed by atoms with Crippen LogP contribution in [0.15, 0.2) is 24.3 Å². The van der Waals surface area contributed by atoms with Crippen molar-refractivity contribution in [3.63, 3.8) is 0 Å². The minimum absolute atomic E-state index is 0.0685. The molecule has 1 atom stereocenters. The van der Waals surface area contributed by atoms with Crippen LogP contribution < -0.4 is 15.4 Å². The molecule has 9 nitrogen and oxygen atoms in total. The Kier molecular flexibility index (Phi) is 11.0. The molecule has 0 aliphatic carbocycles. The van der Waals surface area contributed by atoms with E-state index >= 15 is 0 Å². The molecule has 0 saturated carbocycles. The summed E-state index contributed by atoms with van der Waals surface area (Å²) in [7, 11) is 0. The fourth-order valence-electron chi connectivity index (χ4n) is 3.16. The van der Waals surface area contributed by atoms with E-state index in [1.807, 2.05) is 20.8 Å². The quantitative estimate of drug-likeness (QED) is 0.282. The summed E-state index contributed by atoms with van der Waals surface area (Å²) in [5.74, 6) is -0.472. The van der Waals surface area contributed by atoms with Crippen LogP contribution in [0.2, 0.25) is 0 Å². The number of amides is 2. The Morgan fingerprint density at radius 2 is 2.00 bits per heavy atom. The molecule has 1 aliphatic rings. The van der Waals surface area contributed by atoms with Crippen molar-refractivity contribution in [3.05, 3.63) is 29.8 Å². The topological polar surface area (TPSA) is 106 Å². The highest BCUT2D eigenvalue weighted by atomic mass is 32.1. The van der Waals surface area contributed by atoms with Crippen LogP contribution in [0.3, 0.4) is 0 Å². The van der Waals surface area contributed by atoms with Crippen molar-refractivity contribution in [2.45, 2.75) is 39.7 Å². The molecule has 2 N–H and O–H groups in total. The number of thiocarbonyl (C=S) groups is 1. The molecule has 1 aromatic rings. The van der Waals surface area contributed by atoms with Gasteiger partial charge in [0.05, 0.1) is 25.2 Å². The Bertz CT molecular complexity index is 832. The zero-order valence-corrected chi connectivity index (χ0v) is 20.2. The van der Waals surface area contributed by atoms with Gasteiger partial charge in [0, 0.05) is 19.7 Å². The number of piperazine rings is 1. The highest BCUT2D eigenvalue weighted by Gasteiger charge is 2.34. The first-order valence-electron chi connectivity index (χ1n) is 11.2. The lowest BCUT2D eigenvalue weighted by Crippen LogP contribution is -2.60. The van der Waals surface area contributed by atoms with Gasteiger partial charge in [-0.05, 0) is 43.6 Å². The molecule has 1 fully saturated rings. The number of benzene rings is 1.